The smallest absolute Gasteiger partial charge is 0.425 e. The lowest BCUT2D eigenvalue weighted by atomic mass is 9.75. The highest BCUT2D eigenvalue weighted by atomic mass is 16.5. The zero-order valence-corrected chi connectivity index (χ0v) is 14.5. The van der Waals surface area contributed by atoms with Crippen molar-refractivity contribution in [3.8, 4) is 5.75 Å². The van der Waals surface area contributed by atoms with E-state index in [0.29, 0.717) is 17.7 Å². The van der Waals surface area contributed by atoms with Gasteiger partial charge in [0.05, 0.1) is 14.2 Å². The Kier molecular flexibility index (Phi) is 4.94. The first-order chi connectivity index (χ1) is 10.9. The highest BCUT2D eigenvalue weighted by molar-refractivity contribution is 5.96. The fourth-order valence-corrected chi connectivity index (χ4v) is 3.41. The van der Waals surface area contributed by atoms with E-state index in [4.69, 9.17) is 4.74 Å². The molecular weight excluding hydrogens is 294 g/mol. The van der Waals surface area contributed by atoms with Gasteiger partial charge in [-0.2, -0.15) is 0 Å². The van der Waals surface area contributed by atoms with Crippen molar-refractivity contribution in [2.24, 2.45) is 5.41 Å². The van der Waals surface area contributed by atoms with Crippen molar-refractivity contribution in [3.05, 3.63) is 24.3 Å². The van der Waals surface area contributed by atoms with Gasteiger partial charge in [0.15, 0.2) is 6.17 Å². The zero-order chi connectivity index (χ0) is 17.2. The number of methoxy groups -OCH3 is 1. The van der Waals surface area contributed by atoms with Gasteiger partial charge in [-0.1, -0.05) is 13.8 Å². The summed E-state index contributed by atoms with van der Waals surface area (Å²) < 4.78 is 5.16. The molecule has 2 atom stereocenters. The molecule has 0 saturated carbocycles. The van der Waals surface area contributed by atoms with Crippen molar-refractivity contribution in [2.75, 3.05) is 26.5 Å². The van der Waals surface area contributed by atoms with E-state index >= 15 is 0 Å². The lowest BCUT2D eigenvalue weighted by molar-refractivity contribution is -0.833. The van der Waals surface area contributed by atoms with Gasteiger partial charge in [-0.15, -0.1) is 0 Å². The quantitative estimate of drug-likeness (QED) is 0.859. The topological polar surface area (TPSA) is 63.1 Å². The third-order valence-electron chi connectivity index (χ3n) is 5.02. The molecule has 1 aliphatic rings. The molecular formula is C17H26N3O3+. The Morgan fingerprint density at radius 2 is 1.78 bits per heavy atom. The third-order valence-corrected chi connectivity index (χ3v) is 5.02. The summed E-state index contributed by atoms with van der Waals surface area (Å²) in [5.74, 6) is 0.660. The maximum absolute atomic E-state index is 12.8. The van der Waals surface area contributed by atoms with E-state index in [1.165, 1.54) is 4.90 Å². The van der Waals surface area contributed by atoms with Gasteiger partial charge in [0.25, 0.3) is 0 Å². The Labute approximate surface area is 137 Å². The molecule has 23 heavy (non-hydrogen) atoms. The molecule has 6 heteroatoms. The number of urea groups is 1. The molecule has 126 valence electrons. The van der Waals surface area contributed by atoms with Crippen LogP contribution in [0, 0.1) is 5.41 Å². The van der Waals surface area contributed by atoms with Crippen molar-refractivity contribution in [1.82, 2.24) is 4.90 Å². The highest BCUT2D eigenvalue weighted by Crippen LogP contribution is 2.34. The van der Waals surface area contributed by atoms with E-state index in [1.54, 1.807) is 14.2 Å². The van der Waals surface area contributed by atoms with Crippen LogP contribution in [0.4, 0.5) is 10.5 Å². The second-order valence-electron chi connectivity index (χ2n) is 6.02. The summed E-state index contributed by atoms with van der Waals surface area (Å²) in [6, 6.07) is 7.30. The van der Waals surface area contributed by atoms with Crippen LogP contribution in [0.5, 0.6) is 5.75 Å². The van der Waals surface area contributed by atoms with E-state index in [0.717, 1.165) is 11.4 Å². The summed E-state index contributed by atoms with van der Waals surface area (Å²) in [5, 5.41) is 3.40. The number of amides is 3. The number of anilines is 1. The molecule has 2 rings (SSSR count). The first-order valence-corrected chi connectivity index (χ1v) is 7.97. The molecule has 0 radical (unpaired) electrons. The number of imide groups is 1. The lowest BCUT2D eigenvalue weighted by Gasteiger charge is -2.45. The number of quaternary nitrogens is 1. The van der Waals surface area contributed by atoms with Crippen LogP contribution in [0.3, 0.4) is 0 Å². The molecule has 2 N–H and O–H groups in total. The standard InChI is InChI=1S/C17H25N3O3/c1-6-17(7-2)14(19(3)16(22)20(4)15(17)21)18-12-8-10-13(23-5)11-9-12/h8-11,14,18H,6-7H2,1-5H3/p+1. The average Bonchev–Trinajstić information content (AvgIpc) is 2.59. The minimum atomic E-state index is -0.604. The highest BCUT2D eigenvalue weighted by Gasteiger charge is 2.57. The SMILES string of the molecule is CCC1(CC)C(=O)N(C)C(=O)[NH+](C)C1Nc1ccc(OC)cc1. The number of rotatable bonds is 5. The number of ether oxygens (including phenoxy) is 1. The number of hydrogen-bond acceptors (Lipinski definition) is 4. The van der Waals surface area contributed by atoms with Gasteiger partial charge in [-0.3, -0.25) is 4.79 Å². The normalized spacial score (nSPS) is 23.8. The minimum Gasteiger partial charge on any atom is -0.497 e. The third kappa shape index (κ3) is 2.79. The van der Waals surface area contributed by atoms with Crippen LogP contribution < -0.4 is 15.0 Å². The zero-order valence-electron chi connectivity index (χ0n) is 14.5. The first kappa shape index (κ1) is 17.3. The van der Waals surface area contributed by atoms with Crippen LogP contribution >= 0.6 is 0 Å². The Hall–Kier alpha value is -2.08. The van der Waals surface area contributed by atoms with Gasteiger partial charge in [0.2, 0.25) is 5.91 Å². The maximum atomic E-state index is 12.8. The number of carbonyl (C=O) groups excluding carboxylic acids is 2. The monoisotopic (exact) mass is 320 g/mol. The van der Waals surface area contributed by atoms with E-state index in [1.807, 2.05) is 45.2 Å². The molecule has 0 bridgehead atoms. The van der Waals surface area contributed by atoms with Crippen molar-refractivity contribution < 1.29 is 19.2 Å². The summed E-state index contributed by atoms with van der Waals surface area (Å²) in [5.41, 5.74) is 0.263. The van der Waals surface area contributed by atoms with Gasteiger partial charge >= 0.3 is 6.03 Å². The number of benzene rings is 1. The van der Waals surface area contributed by atoms with E-state index in [2.05, 4.69) is 5.32 Å². The summed E-state index contributed by atoms with van der Waals surface area (Å²) in [7, 11) is 5.00. The van der Waals surface area contributed by atoms with E-state index in [-0.39, 0.29) is 18.1 Å². The van der Waals surface area contributed by atoms with Crippen molar-refractivity contribution in [1.29, 1.82) is 0 Å². The van der Waals surface area contributed by atoms with E-state index in [9.17, 15) is 9.59 Å². The second-order valence-corrected chi connectivity index (χ2v) is 6.02. The van der Waals surface area contributed by atoms with Crippen molar-refractivity contribution in [3.63, 3.8) is 0 Å². The van der Waals surface area contributed by atoms with Gasteiger partial charge in [0.1, 0.15) is 11.2 Å². The van der Waals surface area contributed by atoms with Crippen molar-refractivity contribution in [2.45, 2.75) is 32.9 Å². The van der Waals surface area contributed by atoms with Crippen LogP contribution in [0.1, 0.15) is 26.7 Å². The number of hydrogen-bond donors (Lipinski definition) is 2. The molecule has 1 fully saturated rings. The Balaban J connectivity index is 2.37. The van der Waals surface area contributed by atoms with Crippen LogP contribution in [0.15, 0.2) is 24.3 Å². The van der Waals surface area contributed by atoms with Gasteiger partial charge < -0.3 is 10.1 Å². The Morgan fingerprint density at radius 3 is 2.26 bits per heavy atom. The molecule has 1 aromatic rings. The van der Waals surface area contributed by atoms with Crippen LogP contribution in [0.2, 0.25) is 0 Å². The first-order valence-electron chi connectivity index (χ1n) is 7.97. The molecule has 3 amide bonds. The summed E-state index contributed by atoms with van der Waals surface area (Å²) in [6.07, 6.45) is 1.04. The summed E-state index contributed by atoms with van der Waals surface area (Å²) in [4.78, 5) is 27.1. The predicted octanol–water partition coefficient (Wildman–Crippen LogP) is 1.35. The summed E-state index contributed by atoms with van der Waals surface area (Å²) >= 11 is 0. The van der Waals surface area contributed by atoms with Gasteiger partial charge in [-0.25, -0.2) is 14.6 Å². The molecule has 1 saturated heterocycles. The molecule has 0 aliphatic carbocycles. The molecule has 6 nitrogen and oxygen atoms in total. The Bertz CT molecular complexity index is 581. The maximum Gasteiger partial charge on any atom is 0.425 e. The molecule has 1 aliphatic heterocycles. The lowest BCUT2D eigenvalue weighted by Crippen LogP contribution is -3.21. The average molecular weight is 320 g/mol. The van der Waals surface area contributed by atoms with E-state index < -0.39 is 5.41 Å². The molecule has 2 unspecified atom stereocenters. The number of carbonyl (C=O) groups is 2. The molecule has 0 aromatic heterocycles. The Morgan fingerprint density at radius 1 is 1.22 bits per heavy atom. The molecule has 1 aromatic carbocycles. The predicted molar refractivity (Wildman–Crippen MR) is 88.5 cm³/mol. The van der Waals surface area contributed by atoms with Crippen molar-refractivity contribution >= 4 is 17.6 Å². The molecule has 1 heterocycles. The molecule has 0 spiro atoms. The van der Waals surface area contributed by atoms with Crippen LogP contribution in [0.25, 0.3) is 0 Å². The summed E-state index contributed by atoms with van der Waals surface area (Å²) in [6.45, 7) is 4.00. The number of nitrogens with one attached hydrogen (secondary N) is 2. The fourth-order valence-electron chi connectivity index (χ4n) is 3.41. The van der Waals surface area contributed by atoms with Crippen LogP contribution in [-0.4, -0.2) is 44.2 Å². The van der Waals surface area contributed by atoms with Gasteiger partial charge in [0, 0.05) is 12.7 Å². The van der Waals surface area contributed by atoms with Gasteiger partial charge in [-0.05, 0) is 37.1 Å². The number of nitrogens with zero attached hydrogens (tertiary/aromatic N) is 1. The minimum absolute atomic E-state index is 0.107. The largest absolute Gasteiger partial charge is 0.497 e. The second kappa shape index (κ2) is 6.58. The van der Waals surface area contributed by atoms with Crippen LogP contribution in [-0.2, 0) is 4.79 Å². The fraction of sp³-hybridized carbons (Fsp3) is 0.529.